The van der Waals surface area contributed by atoms with Crippen molar-refractivity contribution in [1.29, 1.82) is 0 Å². The molecule has 0 unspecified atom stereocenters. The molecular weight excluding hydrogens is 219 g/mol. The summed E-state index contributed by atoms with van der Waals surface area (Å²) in [5.74, 6) is -0.205. The van der Waals surface area contributed by atoms with Crippen LogP contribution >= 0.6 is 11.6 Å². The molecule has 0 aliphatic carbocycles. The average Bonchev–Trinajstić information content (AvgIpc) is 2.06. The first-order chi connectivity index (χ1) is 6.44. The second kappa shape index (κ2) is 4.04. The van der Waals surface area contributed by atoms with Crippen molar-refractivity contribution in [2.24, 2.45) is 0 Å². The van der Waals surface area contributed by atoms with Crippen molar-refractivity contribution in [1.82, 2.24) is 4.98 Å². The van der Waals surface area contributed by atoms with E-state index in [9.17, 15) is 13.2 Å². The van der Waals surface area contributed by atoms with Gasteiger partial charge in [0, 0.05) is 11.8 Å². The number of aromatic nitrogens is 1. The van der Waals surface area contributed by atoms with E-state index in [1.165, 1.54) is 13.1 Å². The molecule has 0 radical (unpaired) electrons. The van der Waals surface area contributed by atoms with Gasteiger partial charge < -0.3 is 4.74 Å². The molecule has 0 fully saturated rings. The standard InChI is InChI=1S/C8H7ClF3NO/c1-5-6(4-9)13-3-2-7(5)14-8(10,11)12/h2-3H,4H2,1H3. The van der Waals surface area contributed by atoms with Gasteiger partial charge >= 0.3 is 6.36 Å². The van der Waals surface area contributed by atoms with Crippen LogP contribution in [0.25, 0.3) is 0 Å². The Hall–Kier alpha value is -0.970. The van der Waals surface area contributed by atoms with E-state index < -0.39 is 6.36 Å². The maximum atomic E-state index is 11.9. The van der Waals surface area contributed by atoms with Crippen molar-refractivity contribution >= 4 is 11.6 Å². The van der Waals surface area contributed by atoms with Crippen LogP contribution in [0, 0.1) is 6.92 Å². The molecule has 78 valence electrons. The number of pyridine rings is 1. The van der Waals surface area contributed by atoms with E-state index in [1.54, 1.807) is 0 Å². The second-order valence-electron chi connectivity index (χ2n) is 2.56. The molecule has 0 atom stereocenters. The second-order valence-corrected chi connectivity index (χ2v) is 2.83. The highest BCUT2D eigenvalue weighted by molar-refractivity contribution is 6.17. The largest absolute Gasteiger partial charge is 0.573 e. The first-order valence-corrected chi connectivity index (χ1v) is 4.23. The number of nitrogens with zero attached hydrogens (tertiary/aromatic N) is 1. The molecule has 1 aromatic heterocycles. The fraction of sp³-hybridized carbons (Fsp3) is 0.375. The van der Waals surface area contributed by atoms with Gasteiger partial charge in [-0.2, -0.15) is 0 Å². The van der Waals surface area contributed by atoms with E-state index in [0.29, 0.717) is 11.3 Å². The van der Waals surface area contributed by atoms with E-state index in [4.69, 9.17) is 11.6 Å². The molecule has 1 rings (SSSR count). The van der Waals surface area contributed by atoms with E-state index in [0.717, 1.165) is 6.07 Å². The molecule has 1 aromatic rings. The molecule has 0 amide bonds. The highest BCUT2D eigenvalue weighted by atomic mass is 35.5. The Morgan fingerprint density at radius 1 is 1.50 bits per heavy atom. The third-order valence-electron chi connectivity index (χ3n) is 1.61. The normalized spacial score (nSPS) is 11.5. The van der Waals surface area contributed by atoms with E-state index >= 15 is 0 Å². The smallest absolute Gasteiger partial charge is 0.405 e. The summed E-state index contributed by atoms with van der Waals surface area (Å²) >= 11 is 5.48. The minimum absolute atomic E-state index is 0.0564. The van der Waals surface area contributed by atoms with Gasteiger partial charge in [-0.3, -0.25) is 4.98 Å². The maximum absolute atomic E-state index is 11.9. The quantitative estimate of drug-likeness (QED) is 0.722. The number of ether oxygens (including phenoxy) is 1. The van der Waals surface area contributed by atoms with Crippen LogP contribution in [-0.4, -0.2) is 11.3 Å². The first-order valence-electron chi connectivity index (χ1n) is 3.70. The number of halogens is 4. The monoisotopic (exact) mass is 225 g/mol. The van der Waals surface area contributed by atoms with Gasteiger partial charge in [0.05, 0.1) is 11.6 Å². The lowest BCUT2D eigenvalue weighted by molar-refractivity contribution is -0.274. The Kier molecular flexibility index (Phi) is 3.21. The fourth-order valence-electron chi connectivity index (χ4n) is 0.929. The van der Waals surface area contributed by atoms with Crippen LogP contribution < -0.4 is 4.74 Å². The van der Waals surface area contributed by atoms with E-state index in [1.807, 2.05) is 0 Å². The minimum Gasteiger partial charge on any atom is -0.405 e. The molecule has 0 saturated heterocycles. The molecule has 0 aromatic carbocycles. The van der Waals surface area contributed by atoms with Crippen molar-refractivity contribution in [3.05, 3.63) is 23.5 Å². The zero-order valence-electron chi connectivity index (χ0n) is 7.23. The summed E-state index contributed by atoms with van der Waals surface area (Å²) in [5.41, 5.74) is 0.688. The minimum atomic E-state index is -4.68. The predicted molar refractivity (Wildman–Crippen MR) is 45.2 cm³/mol. The van der Waals surface area contributed by atoms with Crippen LogP contribution in [0.3, 0.4) is 0 Å². The lowest BCUT2D eigenvalue weighted by atomic mass is 10.2. The fourth-order valence-corrected chi connectivity index (χ4v) is 1.20. The van der Waals surface area contributed by atoms with Gasteiger partial charge in [-0.05, 0) is 13.0 Å². The van der Waals surface area contributed by atoms with Gasteiger partial charge in [0.1, 0.15) is 5.75 Å². The van der Waals surface area contributed by atoms with Crippen LogP contribution in [0.15, 0.2) is 12.3 Å². The van der Waals surface area contributed by atoms with Crippen molar-refractivity contribution in [2.75, 3.05) is 0 Å². The molecule has 6 heteroatoms. The number of alkyl halides is 4. The Bertz CT molecular complexity index is 327. The Morgan fingerprint density at radius 3 is 2.64 bits per heavy atom. The maximum Gasteiger partial charge on any atom is 0.573 e. The predicted octanol–water partition coefficient (Wildman–Crippen LogP) is 3.03. The van der Waals surface area contributed by atoms with Crippen LogP contribution in [0.2, 0.25) is 0 Å². The molecule has 1 heterocycles. The average molecular weight is 226 g/mol. The van der Waals surface area contributed by atoms with E-state index in [-0.39, 0.29) is 11.6 Å². The van der Waals surface area contributed by atoms with Crippen molar-refractivity contribution in [2.45, 2.75) is 19.2 Å². The molecule has 0 aliphatic heterocycles. The van der Waals surface area contributed by atoms with Crippen molar-refractivity contribution in [3.8, 4) is 5.75 Å². The van der Waals surface area contributed by atoms with Crippen LogP contribution in [0.5, 0.6) is 5.75 Å². The van der Waals surface area contributed by atoms with Gasteiger partial charge in [-0.25, -0.2) is 0 Å². The molecule has 0 saturated carbocycles. The molecule has 0 bridgehead atoms. The van der Waals surface area contributed by atoms with Gasteiger partial charge in [0.15, 0.2) is 0 Å². The molecular formula is C8H7ClF3NO. The van der Waals surface area contributed by atoms with Crippen LogP contribution in [-0.2, 0) is 5.88 Å². The Labute approximate surface area is 83.7 Å². The lowest BCUT2D eigenvalue weighted by Crippen LogP contribution is -2.18. The summed E-state index contributed by atoms with van der Waals surface area (Å²) in [7, 11) is 0. The summed E-state index contributed by atoms with van der Waals surface area (Å²) in [4.78, 5) is 3.81. The van der Waals surface area contributed by atoms with Crippen LogP contribution in [0.1, 0.15) is 11.3 Å². The molecule has 0 N–H and O–H groups in total. The highest BCUT2D eigenvalue weighted by Crippen LogP contribution is 2.27. The Morgan fingerprint density at radius 2 is 2.14 bits per heavy atom. The topological polar surface area (TPSA) is 22.1 Å². The zero-order valence-corrected chi connectivity index (χ0v) is 7.99. The van der Waals surface area contributed by atoms with Gasteiger partial charge in [0.2, 0.25) is 0 Å². The highest BCUT2D eigenvalue weighted by Gasteiger charge is 2.32. The summed E-state index contributed by atoms with van der Waals surface area (Å²) in [6, 6.07) is 1.15. The lowest BCUT2D eigenvalue weighted by Gasteiger charge is -2.12. The molecule has 0 aliphatic rings. The van der Waals surface area contributed by atoms with Gasteiger partial charge in [-0.15, -0.1) is 24.8 Å². The number of hydrogen-bond donors (Lipinski definition) is 0. The Balaban J connectivity index is 2.98. The molecule has 2 nitrogen and oxygen atoms in total. The summed E-state index contributed by atoms with van der Waals surface area (Å²) in [5, 5.41) is 0. The summed E-state index contributed by atoms with van der Waals surface area (Å²) < 4.78 is 39.4. The molecule has 14 heavy (non-hydrogen) atoms. The number of hydrogen-bond acceptors (Lipinski definition) is 2. The SMILES string of the molecule is Cc1c(OC(F)(F)F)ccnc1CCl. The van der Waals surface area contributed by atoms with Gasteiger partial charge in [-0.1, -0.05) is 0 Å². The van der Waals surface area contributed by atoms with Crippen molar-refractivity contribution in [3.63, 3.8) is 0 Å². The molecule has 0 spiro atoms. The first kappa shape index (κ1) is 11.1. The number of rotatable bonds is 2. The van der Waals surface area contributed by atoms with E-state index in [2.05, 4.69) is 9.72 Å². The summed E-state index contributed by atoms with van der Waals surface area (Å²) in [6.07, 6.45) is -3.46. The summed E-state index contributed by atoms with van der Waals surface area (Å²) in [6.45, 7) is 1.48. The third kappa shape index (κ3) is 2.77. The van der Waals surface area contributed by atoms with Crippen LogP contribution in [0.4, 0.5) is 13.2 Å². The van der Waals surface area contributed by atoms with Gasteiger partial charge in [0.25, 0.3) is 0 Å². The van der Waals surface area contributed by atoms with Crippen molar-refractivity contribution < 1.29 is 17.9 Å². The zero-order chi connectivity index (χ0) is 10.8. The third-order valence-corrected chi connectivity index (χ3v) is 1.86.